The summed E-state index contributed by atoms with van der Waals surface area (Å²) in [6, 6.07) is 2.59. The maximum Gasteiger partial charge on any atom is 0.173 e. The average Bonchev–Trinajstić information content (AvgIpc) is 3.12. The molecule has 0 radical (unpaired) electrons. The van der Waals surface area contributed by atoms with E-state index in [4.69, 9.17) is 15.9 Å². The third-order valence-electron chi connectivity index (χ3n) is 4.53. The predicted octanol–water partition coefficient (Wildman–Crippen LogP) is 2.04. The van der Waals surface area contributed by atoms with Crippen molar-refractivity contribution in [2.45, 2.75) is 51.5 Å². The second kappa shape index (κ2) is 5.31. The highest BCUT2D eigenvalue weighted by Crippen LogP contribution is 2.32. The molecule has 1 aliphatic carbocycles. The number of hydrogen-bond donors (Lipinski definition) is 2. The number of aromatic nitrogens is 1. The lowest BCUT2D eigenvalue weighted by atomic mass is 10.1. The minimum absolute atomic E-state index is 0.170. The van der Waals surface area contributed by atoms with Crippen molar-refractivity contribution in [1.82, 2.24) is 4.98 Å². The first-order chi connectivity index (χ1) is 9.74. The van der Waals surface area contributed by atoms with Crippen LogP contribution < -0.4 is 10.6 Å². The first kappa shape index (κ1) is 13.2. The molecule has 1 unspecified atom stereocenters. The maximum atomic E-state index is 9.04. The van der Waals surface area contributed by atoms with Crippen molar-refractivity contribution < 1.29 is 5.21 Å². The number of nitrogens with zero attached hydrogens (tertiary/aromatic N) is 3. The van der Waals surface area contributed by atoms with Crippen LogP contribution in [0.4, 0.5) is 5.82 Å². The fourth-order valence-corrected chi connectivity index (χ4v) is 3.46. The Kier molecular flexibility index (Phi) is 3.51. The van der Waals surface area contributed by atoms with Crippen LogP contribution in [0.3, 0.4) is 0 Å². The zero-order valence-corrected chi connectivity index (χ0v) is 12.0. The van der Waals surface area contributed by atoms with E-state index in [0.717, 1.165) is 43.6 Å². The van der Waals surface area contributed by atoms with Crippen molar-refractivity contribution in [1.29, 1.82) is 0 Å². The fraction of sp³-hybridized carbons (Fsp3) is 0.600. The van der Waals surface area contributed by atoms with Crippen LogP contribution in [0.15, 0.2) is 11.2 Å². The van der Waals surface area contributed by atoms with Gasteiger partial charge in [-0.1, -0.05) is 12.1 Å². The monoisotopic (exact) mass is 274 g/mol. The van der Waals surface area contributed by atoms with Gasteiger partial charge in [0.05, 0.1) is 5.56 Å². The van der Waals surface area contributed by atoms with E-state index in [-0.39, 0.29) is 5.84 Å². The summed E-state index contributed by atoms with van der Waals surface area (Å²) in [5.74, 6) is 1.08. The third-order valence-corrected chi connectivity index (χ3v) is 4.53. The number of amidine groups is 1. The number of aryl methyl sites for hydroxylation is 2. The van der Waals surface area contributed by atoms with Gasteiger partial charge in [-0.3, -0.25) is 0 Å². The molecule has 1 saturated heterocycles. The molecular weight excluding hydrogens is 252 g/mol. The van der Waals surface area contributed by atoms with Gasteiger partial charge in [0.2, 0.25) is 0 Å². The van der Waals surface area contributed by atoms with Crippen LogP contribution >= 0.6 is 0 Å². The smallest absolute Gasteiger partial charge is 0.173 e. The van der Waals surface area contributed by atoms with Crippen LogP contribution in [-0.2, 0) is 12.8 Å². The topological polar surface area (TPSA) is 74.7 Å². The molecule has 0 bridgehead atoms. The second-order valence-electron chi connectivity index (χ2n) is 5.70. The summed E-state index contributed by atoms with van der Waals surface area (Å²) in [4.78, 5) is 7.20. The van der Waals surface area contributed by atoms with E-state index in [0.29, 0.717) is 6.04 Å². The SMILES string of the molecule is CCC1CCCN1c1nc2c(cc1C(N)=NO)CCC2. The van der Waals surface area contributed by atoms with Crippen LogP contribution in [-0.4, -0.2) is 28.6 Å². The number of nitrogens with two attached hydrogens (primary N) is 1. The molecule has 2 aliphatic rings. The molecule has 1 fully saturated rings. The lowest BCUT2D eigenvalue weighted by Crippen LogP contribution is -2.32. The number of hydrogen-bond acceptors (Lipinski definition) is 4. The van der Waals surface area contributed by atoms with Crippen molar-refractivity contribution in [2.75, 3.05) is 11.4 Å². The number of rotatable bonds is 3. The Morgan fingerprint density at radius 2 is 2.35 bits per heavy atom. The normalized spacial score (nSPS) is 22.4. The number of anilines is 1. The van der Waals surface area contributed by atoms with Gasteiger partial charge in [0.25, 0.3) is 0 Å². The molecule has 1 aromatic rings. The Bertz CT molecular complexity index is 541. The van der Waals surface area contributed by atoms with Gasteiger partial charge in [0, 0.05) is 18.3 Å². The molecule has 0 aromatic carbocycles. The van der Waals surface area contributed by atoms with Crippen LogP contribution in [0.1, 0.15) is 49.4 Å². The molecule has 1 aromatic heterocycles. The molecule has 0 saturated carbocycles. The van der Waals surface area contributed by atoms with E-state index in [2.05, 4.69) is 23.0 Å². The van der Waals surface area contributed by atoms with E-state index >= 15 is 0 Å². The summed E-state index contributed by atoms with van der Waals surface area (Å²) in [6.07, 6.45) is 6.74. The zero-order chi connectivity index (χ0) is 14.1. The van der Waals surface area contributed by atoms with Gasteiger partial charge in [-0.25, -0.2) is 4.98 Å². The van der Waals surface area contributed by atoms with Gasteiger partial charge in [0.1, 0.15) is 5.82 Å². The molecule has 1 atom stereocenters. The molecule has 0 spiro atoms. The Hall–Kier alpha value is -1.78. The van der Waals surface area contributed by atoms with Crippen molar-refractivity contribution >= 4 is 11.7 Å². The minimum atomic E-state index is 0.170. The van der Waals surface area contributed by atoms with Crippen LogP contribution in [0.5, 0.6) is 0 Å². The van der Waals surface area contributed by atoms with E-state index < -0.39 is 0 Å². The number of pyridine rings is 1. The number of oxime groups is 1. The molecule has 3 rings (SSSR count). The van der Waals surface area contributed by atoms with E-state index in [1.165, 1.54) is 24.1 Å². The molecule has 0 amide bonds. The molecule has 5 heteroatoms. The summed E-state index contributed by atoms with van der Waals surface area (Å²) < 4.78 is 0. The standard InChI is InChI=1S/C15H22N4O/c1-2-11-6-4-8-19(11)15-12(14(16)18-20)9-10-5-3-7-13(10)17-15/h9,11,20H,2-8H2,1H3,(H2,16,18). The maximum absolute atomic E-state index is 9.04. The first-order valence-corrected chi connectivity index (χ1v) is 7.52. The Morgan fingerprint density at radius 3 is 3.10 bits per heavy atom. The highest BCUT2D eigenvalue weighted by atomic mass is 16.4. The van der Waals surface area contributed by atoms with Crippen LogP contribution in [0, 0.1) is 0 Å². The molecular formula is C15H22N4O. The Balaban J connectivity index is 2.08. The van der Waals surface area contributed by atoms with Crippen molar-refractivity contribution in [3.8, 4) is 0 Å². The van der Waals surface area contributed by atoms with Crippen molar-refractivity contribution in [3.05, 3.63) is 22.9 Å². The summed E-state index contributed by atoms with van der Waals surface area (Å²) >= 11 is 0. The highest BCUT2D eigenvalue weighted by Gasteiger charge is 2.28. The van der Waals surface area contributed by atoms with Crippen molar-refractivity contribution in [3.63, 3.8) is 0 Å². The van der Waals surface area contributed by atoms with Gasteiger partial charge >= 0.3 is 0 Å². The van der Waals surface area contributed by atoms with E-state index in [9.17, 15) is 0 Å². The predicted molar refractivity (Wildman–Crippen MR) is 79.4 cm³/mol. The van der Waals surface area contributed by atoms with Gasteiger partial charge in [-0.2, -0.15) is 0 Å². The number of fused-ring (bicyclic) bond motifs is 1. The highest BCUT2D eigenvalue weighted by molar-refractivity contribution is 6.01. The largest absolute Gasteiger partial charge is 0.409 e. The van der Waals surface area contributed by atoms with Crippen LogP contribution in [0.25, 0.3) is 0 Å². The fourth-order valence-electron chi connectivity index (χ4n) is 3.46. The molecule has 20 heavy (non-hydrogen) atoms. The second-order valence-corrected chi connectivity index (χ2v) is 5.70. The third kappa shape index (κ3) is 2.11. The molecule has 5 nitrogen and oxygen atoms in total. The lowest BCUT2D eigenvalue weighted by molar-refractivity contribution is 0.318. The molecule has 2 heterocycles. The summed E-state index contributed by atoms with van der Waals surface area (Å²) in [5.41, 5.74) is 9.11. The van der Waals surface area contributed by atoms with Crippen molar-refractivity contribution in [2.24, 2.45) is 10.9 Å². The molecule has 1 aliphatic heterocycles. The van der Waals surface area contributed by atoms with Gasteiger partial charge < -0.3 is 15.8 Å². The van der Waals surface area contributed by atoms with E-state index in [1.807, 2.05) is 0 Å². The van der Waals surface area contributed by atoms with Gasteiger partial charge in [-0.15, -0.1) is 0 Å². The minimum Gasteiger partial charge on any atom is -0.409 e. The first-order valence-electron chi connectivity index (χ1n) is 7.52. The summed E-state index contributed by atoms with van der Waals surface area (Å²) in [6.45, 7) is 3.22. The van der Waals surface area contributed by atoms with Gasteiger partial charge in [0.15, 0.2) is 5.84 Å². The quantitative estimate of drug-likeness (QED) is 0.383. The van der Waals surface area contributed by atoms with Gasteiger partial charge in [-0.05, 0) is 50.2 Å². The van der Waals surface area contributed by atoms with E-state index in [1.54, 1.807) is 0 Å². The Morgan fingerprint density at radius 1 is 1.50 bits per heavy atom. The zero-order valence-electron chi connectivity index (χ0n) is 12.0. The molecule has 3 N–H and O–H groups in total. The average molecular weight is 274 g/mol. The lowest BCUT2D eigenvalue weighted by Gasteiger charge is -2.27. The summed E-state index contributed by atoms with van der Waals surface area (Å²) in [5, 5.41) is 12.2. The summed E-state index contributed by atoms with van der Waals surface area (Å²) in [7, 11) is 0. The molecule has 108 valence electrons. The Labute approximate surface area is 119 Å². The van der Waals surface area contributed by atoms with Crippen LogP contribution in [0.2, 0.25) is 0 Å².